The van der Waals surface area contributed by atoms with E-state index in [9.17, 15) is 0 Å². The quantitative estimate of drug-likeness (QED) is 0.709. The average molecular weight is 282 g/mol. The van der Waals surface area contributed by atoms with Crippen LogP contribution in [0.2, 0.25) is 0 Å². The van der Waals surface area contributed by atoms with Crippen LogP contribution in [0.3, 0.4) is 0 Å². The summed E-state index contributed by atoms with van der Waals surface area (Å²) in [7, 11) is 0. The Morgan fingerprint density at radius 2 is 1.76 bits per heavy atom. The number of hydrogen-bond donors (Lipinski definition) is 0. The lowest BCUT2D eigenvalue weighted by atomic mass is 10.2. The number of nitrogens with zero attached hydrogens (tertiary/aromatic N) is 4. The lowest BCUT2D eigenvalue weighted by molar-refractivity contribution is 0.831. The molecule has 2 heterocycles. The van der Waals surface area contributed by atoms with Crippen LogP contribution in [-0.2, 0) is 0 Å². The van der Waals surface area contributed by atoms with Crippen molar-refractivity contribution >= 4 is 0 Å². The Kier molecular flexibility index (Phi) is 4.93. The second-order valence-corrected chi connectivity index (χ2v) is 5.04. The predicted molar refractivity (Wildman–Crippen MR) is 86.1 cm³/mol. The molecule has 0 saturated carbocycles. The Morgan fingerprint density at radius 3 is 2.33 bits per heavy atom. The first-order valence-corrected chi connectivity index (χ1v) is 7.27. The second kappa shape index (κ2) is 6.88. The molecule has 0 aliphatic rings. The first kappa shape index (κ1) is 15.0. The molecule has 1 aromatic carbocycles. The first-order valence-electron chi connectivity index (χ1n) is 7.27. The molecule has 4 nitrogen and oxygen atoms in total. The van der Waals surface area contributed by atoms with Crippen molar-refractivity contribution in [1.29, 1.82) is 0 Å². The van der Waals surface area contributed by atoms with Gasteiger partial charge in [-0.1, -0.05) is 26.3 Å². The summed E-state index contributed by atoms with van der Waals surface area (Å²) in [6, 6.07) is 10.3. The van der Waals surface area contributed by atoms with Gasteiger partial charge in [0.2, 0.25) is 0 Å². The standard InChI is InChI=1S/C14H14N4.C3H8/c1-11-8-12(2)18(16-11)14-5-3-4-13(9-14)17-7-6-15-10-17;1-3-2/h3-10H,1-2H3;3H2,1-2H3. The van der Waals surface area contributed by atoms with Crippen molar-refractivity contribution < 1.29 is 0 Å². The molecule has 21 heavy (non-hydrogen) atoms. The fourth-order valence-corrected chi connectivity index (χ4v) is 2.09. The number of benzene rings is 1. The minimum Gasteiger partial charge on any atom is -0.306 e. The summed E-state index contributed by atoms with van der Waals surface area (Å²) in [6.07, 6.45) is 6.75. The number of aryl methyl sites for hydroxylation is 2. The maximum atomic E-state index is 4.49. The third-order valence-corrected chi connectivity index (χ3v) is 2.89. The van der Waals surface area contributed by atoms with E-state index in [4.69, 9.17) is 0 Å². The monoisotopic (exact) mass is 282 g/mol. The topological polar surface area (TPSA) is 35.6 Å². The highest BCUT2D eigenvalue weighted by molar-refractivity contribution is 5.44. The van der Waals surface area contributed by atoms with Crippen LogP contribution >= 0.6 is 0 Å². The molecule has 0 fully saturated rings. The van der Waals surface area contributed by atoms with E-state index < -0.39 is 0 Å². The zero-order valence-electron chi connectivity index (χ0n) is 13.1. The van der Waals surface area contributed by atoms with Crippen molar-refractivity contribution in [1.82, 2.24) is 19.3 Å². The Balaban J connectivity index is 0.000000497. The fraction of sp³-hybridized carbons (Fsp3) is 0.294. The van der Waals surface area contributed by atoms with Crippen LogP contribution in [-0.4, -0.2) is 19.3 Å². The third-order valence-electron chi connectivity index (χ3n) is 2.89. The molecule has 0 N–H and O–H groups in total. The molecule has 0 radical (unpaired) electrons. The van der Waals surface area contributed by atoms with E-state index in [-0.39, 0.29) is 0 Å². The van der Waals surface area contributed by atoms with Gasteiger partial charge in [-0.3, -0.25) is 0 Å². The largest absolute Gasteiger partial charge is 0.306 e. The zero-order chi connectivity index (χ0) is 15.2. The summed E-state index contributed by atoms with van der Waals surface area (Å²) < 4.78 is 3.94. The van der Waals surface area contributed by atoms with Crippen LogP contribution in [0.15, 0.2) is 49.1 Å². The molecule has 0 saturated heterocycles. The summed E-state index contributed by atoms with van der Waals surface area (Å²) in [5.74, 6) is 0. The van der Waals surface area contributed by atoms with Gasteiger partial charge in [0.25, 0.3) is 0 Å². The van der Waals surface area contributed by atoms with E-state index in [2.05, 4.69) is 55.1 Å². The maximum absolute atomic E-state index is 4.49. The summed E-state index contributed by atoms with van der Waals surface area (Å²) >= 11 is 0. The van der Waals surface area contributed by atoms with Gasteiger partial charge in [-0.05, 0) is 38.1 Å². The number of aromatic nitrogens is 4. The molecule has 3 aromatic rings. The molecular formula is C17H22N4. The highest BCUT2D eigenvalue weighted by Gasteiger charge is 2.04. The highest BCUT2D eigenvalue weighted by Crippen LogP contribution is 2.16. The van der Waals surface area contributed by atoms with Gasteiger partial charge in [-0.2, -0.15) is 5.10 Å². The van der Waals surface area contributed by atoms with E-state index in [1.54, 1.807) is 12.5 Å². The van der Waals surface area contributed by atoms with Crippen LogP contribution < -0.4 is 0 Å². The van der Waals surface area contributed by atoms with Crippen LogP contribution in [0.5, 0.6) is 0 Å². The Bertz CT molecular complexity index is 681. The summed E-state index contributed by atoms with van der Waals surface area (Å²) in [6.45, 7) is 8.31. The minimum atomic E-state index is 1.03. The molecule has 0 aliphatic heterocycles. The van der Waals surface area contributed by atoms with Crippen molar-refractivity contribution in [3.05, 3.63) is 60.4 Å². The highest BCUT2D eigenvalue weighted by atomic mass is 15.3. The van der Waals surface area contributed by atoms with E-state index in [1.165, 1.54) is 6.42 Å². The molecule has 3 rings (SSSR count). The Hall–Kier alpha value is -2.36. The van der Waals surface area contributed by atoms with Crippen molar-refractivity contribution in [2.45, 2.75) is 34.1 Å². The summed E-state index contributed by atoms with van der Waals surface area (Å²) in [5.41, 5.74) is 4.31. The SMILES string of the molecule is CCC.Cc1cc(C)n(-c2cccc(-n3ccnc3)c2)n1. The van der Waals surface area contributed by atoms with Gasteiger partial charge in [0.15, 0.2) is 0 Å². The fourth-order valence-electron chi connectivity index (χ4n) is 2.09. The van der Waals surface area contributed by atoms with E-state index >= 15 is 0 Å². The lowest BCUT2D eigenvalue weighted by Gasteiger charge is -2.07. The predicted octanol–water partition coefficient (Wildman–Crippen LogP) is 4.09. The minimum absolute atomic E-state index is 1.03. The Labute approximate surface area is 126 Å². The summed E-state index contributed by atoms with van der Waals surface area (Å²) in [5, 5.41) is 4.49. The number of hydrogen-bond acceptors (Lipinski definition) is 2. The van der Waals surface area contributed by atoms with E-state index in [1.807, 2.05) is 28.4 Å². The van der Waals surface area contributed by atoms with Crippen molar-refractivity contribution in [2.24, 2.45) is 0 Å². The van der Waals surface area contributed by atoms with Crippen LogP contribution in [0.4, 0.5) is 0 Å². The smallest absolute Gasteiger partial charge is 0.0991 e. The van der Waals surface area contributed by atoms with Gasteiger partial charge in [-0.25, -0.2) is 9.67 Å². The van der Waals surface area contributed by atoms with Crippen molar-refractivity contribution in [3.8, 4) is 11.4 Å². The molecule has 0 bridgehead atoms. The molecule has 0 amide bonds. The third kappa shape index (κ3) is 3.60. The molecular weight excluding hydrogens is 260 g/mol. The molecule has 0 unspecified atom stereocenters. The van der Waals surface area contributed by atoms with Crippen LogP contribution in [0.25, 0.3) is 11.4 Å². The van der Waals surface area contributed by atoms with Gasteiger partial charge in [-0.15, -0.1) is 0 Å². The molecule has 110 valence electrons. The van der Waals surface area contributed by atoms with Crippen LogP contribution in [0, 0.1) is 13.8 Å². The van der Waals surface area contributed by atoms with Gasteiger partial charge >= 0.3 is 0 Å². The van der Waals surface area contributed by atoms with Gasteiger partial charge < -0.3 is 4.57 Å². The Morgan fingerprint density at radius 1 is 1.05 bits per heavy atom. The normalized spacial score (nSPS) is 10.1. The molecule has 2 aromatic heterocycles. The number of imidazole rings is 1. The van der Waals surface area contributed by atoms with Crippen molar-refractivity contribution in [3.63, 3.8) is 0 Å². The summed E-state index contributed by atoms with van der Waals surface area (Å²) in [4.78, 5) is 4.06. The molecule has 0 atom stereocenters. The average Bonchev–Trinajstić information content (AvgIpc) is 3.09. The number of rotatable bonds is 2. The lowest BCUT2D eigenvalue weighted by Crippen LogP contribution is -2.00. The van der Waals surface area contributed by atoms with E-state index in [0.29, 0.717) is 0 Å². The molecule has 4 heteroatoms. The van der Waals surface area contributed by atoms with E-state index in [0.717, 1.165) is 22.8 Å². The van der Waals surface area contributed by atoms with Crippen LogP contribution in [0.1, 0.15) is 31.7 Å². The molecule has 0 spiro atoms. The zero-order valence-corrected chi connectivity index (χ0v) is 13.1. The molecule has 0 aliphatic carbocycles. The second-order valence-electron chi connectivity index (χ2n) is 5.04. The van der Waals surface area contributed by atoms with Gasteiger partial charge in [0, 0.05) is 23.8 Å². The first-order chi connectivity index (χ1) is 10.2. The van der Waals surface area contributed by atoms with Gasteiger partial charge in [0.1, 0.15) is 0 Å². The maximum Gasteiger partial charge on any atom is 0.0991 e. The van der Waals surface area contributed by atoms with Gasteiger partial charge in [0.05, 0.1) is 17.7 Å². The van der Waals surface area contributed by atoms with Crippen molar-refractivity contribution in [2.75, 3.05) is 0 Å².